The van der Waals surface area contributed by atoms with Crippen LogP contribution in [0.2, 0.25) is 0 Å². The van der Waals surface area contributed by atoms with Gasteiger partial charge in [-0.25, -0.2) is 9.59 Å². The summed E-state index contributed by atoms with van der Waals surface area (Å²) in [5.41, 5.74) is -0.305. The molecule has 14 nitrogen and oxygen atoms in total. The highest BCUT2D eigenvalue weighted by Crippen LogP contribution is 2.50. The molecule has 0 saturated carbocycles. The van der Waals surface area contributed by atoms with Crippen molar-refractivity contribution < 1.29 is 52.7 Å². The smallest absolute Gasteiger partial charge is 0.348 e. The monoisotopic (exact) mass is 1130 g/mol. The lowest BCUT2D eigenvalue weighted by Gasteiger charge is -2.22. The van der Waals surface area contributed by atoms with Crippen LogP contribution in [0.15, 0.2) is 225 Å². The molecule has 0 aromatic heterocycles. The van der Waals surface area contributed by atoms with Gasteiger partial charge in [0.15, 0.2) is 0 Å². The molecule has 2 heterocycles. The summed E-state index contributed by atoms with van der Waals surface area (Å²) < 4.78 is 130. The summed E-state index contributed by atoms with van der Waals surface area (Å²) in [4.78, 5) is 25.9. The van der Waals surface area contributed by atoms with Crippen LogP contribution in [0.1, 0.15) is 11.1 Å². The number of carbonyl (C=O) groups is 2. The second-order valence-corrected chi connectivity index (χ2v) is 25.9. The molecule has 0 N–H and O–H groups in total. The van der Waals surface area contributed by atoms with E-state index in [1.165, 1.54) is 72.8 Å². The number of hydrogen-bond donors (Lipinski definition) is 0. The number of carbonyl (C=O) groups excluding carboxylic acids is 2. The Kier molecular flexibility index (Phi) is 12.2. The van der Waals surface area contributed by atoms with Gasteiger partial charge < -0.3 is 9.47 Å². The molecule has 10 aromatic rings. The molecule has 0 bridgehead atoms. The first kappa shape index (κ1) is 51.2. The number of ether oxygens (including phenoxy) is 2. The zero-order chi connectivity index (χ0) is 55.9. The second kappa shape index (κ2) is 19.1. The van der Waals surface area contributed by atoms with E-state index in [4.69, 9.17) is 9.47 Å². The molecular formula is C62H38N2O12S4. The van der Waals surface area contributed by atoms with Gasteiger partial charge in [-0.15, -0.1) is 0 Å². The number of fused-ring (bicyclic) bond motifs is 14. The summed E-state index contributed by atoms with van der Waals surface area (Å²) >= 11 is 0. The summed E-state index contributed by atoms with van der Waals surface area (Å²) in [5, 5.41) is 4.97. The first-order chi connectivity index (χ1) is 38.5. The van der Waals surface area contributed by atoms with Gasteiger partial charge in [-0.1, -0.05) is 145 Å². The fraction of sp³-hybridized carbons (Fsp3) is 0.0323. The fourth-order valence-corrected chi connectivity index (χ4v) is 18.5. The molecule has 0 unspecified atom stereocenters. The maximum absolute atomic E-state index is 14.9. The van der Waals surface area contributed by atoms with Crippen LogP contribution < -0.4 is 7.42 Å². The number of anilines is 2. The standard InChI is InChI=1S/C62H38N2O12S4/c1-75-61(65)51(33-23-39-19-29-45(30-20-39)63-77(67,68)53-35-25-41-11-3-7-15-47(41)57(53)58-48-16-8-4-12-42(48)26-36-54(58)78(63,69)70)52(62(66)76-2)34-24-40-21-31-46(32-22-40)64-79(71,72)55-37-27-43-13-5-9-17-49(43)59(55)60-50-18-10-6-14-44(50)28-38-56(60)80(64,73)74/h3-22,25-32,35-38H,1-2H3/b52-51+. The van der Waals surface area contributed by atoms with Gasteiger partial charge >= 0.3 is 11.9 Å². The van der Waals surface area contributed by atoms with Crippen molar-refractivity contribution in [3.05, 3.63) is 216 Å². The van der Waals surface area contributed by atoms with E-state index in [0.717, 1.165) is 14.2 Å². The maximum Gasteiger partial charge on any atom is 0.348 e. The molecule has 10 aromatic carbocycles. The van der Waals surface area contributed by atoms with Gasteiger partial charge in [0.1, 0.15) is 11.1 Å². The number of rotatable bonds is 4. The molecule has 2 aliphatic rings. The van der Waals surface area contributed by atoms with Crippen molar-refractivity contribution >= 4 is 106 Å². The molecule has 2 aliphatic heterocycles. The molecule has 392 valence electrons. The van der Waals surface area contributed by atoms with Crippen LogP contribution in [0, 0.1) is 23.7 Å². The lowest BCUT2D eigenvalue weighted by atomic mass is 9.94. The van der Waals surface area contributed by atoms with Gasteiger partial charge in [0.25, 0.3) is 40.1 Å². The number of benzene rings is 10. The number of nitrogens with zero attached hydrogens (tertiary/aromatic N) is 2. The average molecular weight is 1130 g/mol. The number of sulfonamides is 4. The molecule has 0 saturated heterocycles. The van der Waals surface area contributed by atoms with E-state index in [9.17, 15) is 43.3 Å². The van der Waals surface area contributed by atoms with Crippen molar-refractivity contribution in [2.75, 3.05) is 21.6 Å². The largest absolute Gasteiger partial charge is 0.465 e. The van der Waals surface area contributed by atoms with Crippen LogP contribution in [-0.4, -0.2) is 59.8 Å². The summed E-state index contributed by atoms with van der Waals surface area (Å²) in [6, 6.07) is 51.0. The van der Waals surface area contributed by atoms with Crippen LogP contribution in [-0.2, 0) is 59.2 Å². The molecule has 0 amide bonds. The number of methoxy groups -OCH3 is 2. The van der Waals surface area contributed by atoms with Gasteiger partial charge in [-0.3, -0.25) is 0 Å². The van der Waals surface area contributed by atoms with Crippen LogP contribution in [0.4, 0.5) is 11.4 Å². The van der Waals surface area contributed by atoms with Crippen molar-refractivity contribution in [3.8, 4) is 45.9 Å². The van der Waals surface area contributed by atoms with Crippen LogP contribution in [0.5, 0.6) is 0 Å². The van der Waals surface area contributed by atoms with E-state index in [0.29, 0.717) is 50.5 Å². The van der Waals surface area contributed by atoms with Crippen LogP contribution in [0.3, 0.4) is 0 Å². The van der Waals surface area contributed by atoms with E-state index in [-0.39, 0.29) is 64.3 Å². The Labute approximate surface area is 460 Å². The highest BCUT2D eigenvalue weighted by atomic mass is 32.3. The summed E-state index contributed by atoms with van der Waals surface area (Å²) in [7, 11) is -17.3. The zero-order valence-electron chi connectivity index (χ0n) is 41.9. The molecule has 12 rings (SSSR count). The topological polar surface area (TPSA) is 196 Å². The van der Waals surface area contributed by atoms with Crippen molar-refractivity contribution in [2.45, 2.75) is 19.6 Å². The zero-order valence-corrected chi connectivity index (χ0v) is 45.2. The van der Waals surface area contributed by atoms with E-state index in [1.807, 2.05) is 24.3 Å². The third kappa shape index (κ3) is 8.07. The minimum Gasteiger partial charge on any atom is -0.465 e. The summed E-state index contributed by atoms with van der Waals surface area (Å²) in [6.07, 6.45) is 0. The Morgan fingerprint density at radius 2 is 0.588 bits per heavy atom. The van der Waals surface area contributed by atoms with Crippen molar-refractivity contribution in [1.29, 1.82) is 0 Å². The first-order valence-corrected chi connectivity index (χ1v) is 30.1. The molecule has 0 radical (unpaired) electrons. The minimum atomic E-state index is -4.85. The average Bonchev–Trinajstić information content (AvgIpc) is 3.78. The third-order valence-corrected chi connectivity index (χ3v) is 22.4. The fourth-order valence-electron chi connectivity index (χ4n) is 10.3. The SMILES string of the molecule is COC(=O)/C(C#Cc1ccc(N2S(=O)(=O)c3ccc4ccccc4c3-c3c(ccc4ccccc34)S2(=O)=O)cc1)=C(\C#Cc1ccc(N2S(=O)(=O)c3ccc4ccccc4c3-c3c(ccc4ccccc34)S2(=O)=O)cc1)C(=O)OC. The Hall–Kier alpha value is -9.56. The Balaban J connectivity index is 0.911. The lowest BCUT2D eigenvalue weighted by Crippen LogP contribution is -2.36. The van der Waals surface area contributed by atoms with E-state index in [1.54, 1.807) is 97.1 Å². The predicted octanol–water partition coefficient (Wildman–Crippen LogP) is 10.5. The quantitative estimate of drug-likeness (QED) is 0.0920. The van der Waals surface area contributed by atoms with E-state index in [2.05, 4.69) is 23.7 Å². The third-order valence-electron chi connectivity index (χ3n) is 13.9. The van der Waals surface area contributed by atoms with Crippen molar-refractivity contribution in [1.82, 2.24) is 0 Å². The summed E-state index contributed by atoms with van der Waals surface area (Å²) in [6.45, 7) is 0. The second-order valence-electron chi connectivity index (χ2n) is 18.4. The molecule has 0 atom stereocenters. The van der Waals surface area contributed by atoms with E-state index < -0.39 is 63.2 Å². The highest BCUT2D eigenvalue weighted by Gasteiger charge is 2.46. The summed E-state index contributed by atoms with van der Waals surface area (Å²) in [5.74, 6) is 8.56. The van der Waals surface area contributed by atoms with Gasteiger partial charge in [0.05, 0.1) is 45.2 Å². The molecular weight excluding hydrogens is 1090 g/mol. The van der Waals surface area contributed by atoms with Crippen molar-refractivity contribution in [2.24, 2.45) is 0 Å². The van der Waals surface area contributed by atoms with Crippen LogP contribution >= 0.6 is 0 Å². The normalized spacial score (nSPS) is 15.5. The molecule has 80 heavy (non-hydrogen) atoms. The van der Waals surface area contributed by atoms with Gasteiger partial charge in [-0.05, 0) is 116 Å². The Morgan fingerprint density at radius 3 is 0.838 bits per heavy atom. The Morgan fingerprint density at radius 1 is 0.338 bits per heavy atom. The molecule has 18 heteroatoms. The highest BCUT2D eigenvalue weighted by molar-refractivity contribution is 8.11. The first-order valence-electron chi connectivity index (χ1n) is 24.3. The van der Waals surface area contributed by atoms with Crippen molar-refractivity contribution in [3.63, 3.8) is 0 Å². The molecule has 0 spiro atoms. The molecule has 0 fully saturated rings. The Bertz CT molecular complexity index is 4490. The minimum absolute atomic E-state index is 0.148. The van der Waals surface area contributed by atoms with Gasteiger partial charge in [0, 0.05) is 33.4 Å². The maximum atomic E-state index is 14.9. The van der Waals surface area contributed by atoms with Crippen LogP contribution in [0.25, 0.3) is 65.3 Å². The molecule has 0 aliphatic carbocycles. The number of esters is 2. The number of hydrogen-bond acceptors (Lipinski definition) is 12. The van der Waals surface area contributed by atoms with Gasteiger partial charge in [-0.2, -0.15) is 41.1 Å². The lowest BCUT2D eigenvalue weighted by molar-refractivity contribution is -0.138. The van der Waals surface area contributed by atoms with E-state index >= 15 is 0 Å². The van der Waals surface area contributed by atoms with Gasteiger partial charge in [0.2, 0.25) is 0 Å². The predicted molar refractivity (Wildman–Crippen MR) is 305 cm³/mol.